The van der Waals surface area contributed by atoms with E-state index in [9.17, 15) is 4.79 Å². The number of rotatable bonds is 6. The number of anilines is 2. The minimum Gasteiger partial charge on any atom is -0.363 e. The van der Waals surface area contributed by atoms with Crippen LogP contribution in [0.1, 0.15) is 39.0 Å². The maximum absolute atomic E-state index is 13.1. The summed E-state index contributed by atoms with van der Waals surface area (Å²) < 4.78 is 0.808. The summed E-state index contributed by atoms with van der Waals surface area (Å²) in [6.45, 7) is 1.94. The second-order valence-electron chi connectivity index (χ2n) is 5.70. The molecule has 1 aliphatic carbocycles. The van der Waals surface area contributed by atoms with Crippen molar-refractivity contribution in [1.82, 2.24) is 15.2 Å². The molecule has 1 unspecified atom stereocenters. The quantitative estimate of drug-likeness (QED) is 0.763. The fraction of sp³-hybridized carbons (Fsp3) is 0.600. The highest BCUT2D eigenvalue weighted by Gasteiger charge is 2.32. The molecule has 1 fully saturated rings. The van der Waals surface area contributed by atoms with Gasteiger partial charge in [-0.3, -0.25) is 9.69 Å². The SMILES string of the molecule is CNc1nnc(SC(C)C(=O)N(c2nccs2)C2CCCCC2)s1. The summed E-state index contributed by atoms with van der Waals surface area (Å²) >= 11 is 4.47. The topological polar surface area (TPSA) is 71.0 Å². The van der Waals surface area contributed by atoms with Gasteiger partial charge in [0.15, 0.2) is 9.47 Å². The first-order valence-corrected chi connectivity index (χ1v) is 10.7. The van der Waals surface area contributed by atoms with Crippen molar-refractivity contribution in [2.75, 3.05) is 17.3 Å². The number of carbonyl (C=O) groups excluding carboxylic acids is 1. The standard InChI is InChI=1S/C15H21N5OS3/c1-10(23-15-19-18-13(16-2)24-15)12(21)20(14-17-8-9-22-14)11-6-4-3-5-7-11/h8-11H,3-7H2,1-2H3,(H,16,18). The summed E-state index contributed by atoms with van der Waals surface area (Å²) in [5.41, 5.74) is 0. The van der Waals surface area contributed by atoms with E-state index >= 15 is 0 Å². The lowest BCUT2D eigenvalue weighted by Gasteiger charge is -2.33. The van der Waals surface area contributed by atoms with Gasteiger partial charge in [-0.1, -0.05) is 42.4 Å². The fourth-order valence-electron chi connectivity index (χ4n) is 2.86. The van der Waals surface area contributed by atoms with Crippen molar-refractivity contribution in [1.29, 1.82) is 0 Å². The molecule has 1 aliphatic rings. The van der Waals surface area contributed by atoms with Crippen LogP contribution in [-0.2, 0) is 4.79 Å². The average molecular weight is 384 g/mol. The number of hydrogen-bond acceptors (Lipinski definition) is 8. The Labute approximate surface area is 154 Å². The molecular weight excluding hydrogens is 362 g/mol. The van der Waals surface area contributed by atoms with Crippen LogP contribution in [0, 0.1) is 0 Å². The third kappa shape index (κ3) is 4.07. The maximum Gasteiger partial charge on any atom is 0.242 e. The highest BCUT2D eigenvalue weighted by atomic mass is 32.2. The smallest absolute Gasteiger partial charge is 0.242 e. The van der Waals surface area contributed by atoms with Crippen molar-refractivity contribution in [2.24, 2.45) is 0 Å². The molecule has 0 radical (unpaired) electrons. The summed E-state index contributed by atoms with van der Waals surface area (Å²) in [4.78, 5) is 19.5. The van der Waals surface area contributed by atoms with E-state index in [1.807, 2.05) is 24.3 Å². The molecule has 0 saturated heterocycles. The first kappa shape index (κ1) is 17.6. The fourth-order valence-corrected chi connectivity index (χ4v) is 5.48. The molecule has 0 aliphatic heterocycles. The van der Waals surface area contributed by atoms with Gasteiger partial charge >= 0.3 is 0 Å². The zero-order chi connectivity index (χ0) is 16.9. The molecule has 6 nitrogen and oxygen atoms in total. The number of nitrogens with one attached hydrogen (secondary N) is 1. The van der Waals surface area contributed by atoms with Gasteiger partial charge in [-0.15, -0.1) is 21.5 Å². The molecule has 24 heavy (non-hydrogen) atoms. The Balaban J connectivity index is 1.74. The van der Waals surface area contributed by atoms with E-state index in [4.69, 9.17) is 0 Å². The van der Waals surface area contributed by atoms with Crippen LogP contribution in [0.3, 0.4) is 0 Å². The molecular formula is C15H21N5OS3. The molecule has 130 valence electrons. The minimum atomic E-state index is -0.214. The van der Waals surface area contributed by atoms with Crippen LogP contribution >= 0.6 is 34.4 Å². The third-order valence-corrected chi connectivity index (χ3v) is 6.93. The van der Waals surface area contributed by atoms with Gasteiger partial charge in [0.25, 0.3) is 0 Å². The van der Waals surface area contributed by atoms with Crippen LogP contribution in [0.2, 0.25) is 0 Å². The minimum absolute atomic E-state index is 0.114. The zero-order valence-corrected chi connectivity index (χ0v) is 16.2. The van der Waals surface area contributed by atoms with Crippen LogP contribution in [0.15, 0.2) is 15.9 Å². The van der Waals surface area contributed by atoms with Crippen molar-refractivity contribution in [3.8, 4) is 0 Å². The van der Waals surface area contributed by atoms with Gasteiger partial charge in [0.2, 0.25) is 11.0 Å². The Morgan fingerprint density at radius 1 is 1.38 bits per heavy atom. The Bertz CT molecular complexity index is 654. The van der Waals surface area contributed by atoms with Crippen LogP contribution in [0.5, 0.6) is 0 Å². The number of aromatic nitrogens is 3. The van der Waals surface area contributed by atoms with E-state index in [1.54, 1.807) is 6.20 Å². The molecule has 2 aromatic heterocycles. The molecule has 9 heteroatoms. The monoisotopic (exact) mass is 383 g/mol. The Hall–Kier alpha value is -1.19. The molecule has 0 aromatic carbocycles. The van der Waals surface area contributed by atoms with Crippen molar-refractivity contribution in [2.45, 2.75) is 54.7 Å². The summed E-state index contributed by atoms with van der Waals surface area (Å²) in [5, 5.41) is 14.4. The first-order valence-electron chi connectivity index (χ1n) is 8.09. The van der Waals surface area contributed by atoms with Crippen LogP contribution in [0.25, 0.3) is 0 Å². The number of thioether (sulfide) groups is 1. The van der Waals surface area contributed by atoms with Gasteiger partial charge in [0, 0.05) is 24.7 Å². The number of carbonyl (C=O) groups is 1. The van der Waals surface area contributed by atoms with Crippen molar-refractivity contribution in [3.63, 3.8) is 0 Å². The van der Waals surface area contributed by atoms with Gasteiger partial charge < -0.3 is 5.32 Å². The van der Waals surface area contributed by atoms with Gasteiger partial charge in [-0.2, -0.15) is 0 Å². The van der Waals surface area contributed by atoms with Crippen LogP contribution < -0.4 is 10.2 Å². The lowest BCUT2D eigenvalue weighted by Crippen LogP contribution is -2.45. The molecule has 3 rings (SSSR count). The van der Waals surface area contributed by atoms with Crippen molar-refractivity contribution < 1.29 is 4.79 Å². The third-order valence-electron chi connectivity index (χ3n) is 4.05. The summed E-state index contributed by atoms with van der Waals surface area (Å²) in [5.74, 6) is 0.114. The zero-order valence-electron chi connectivity index (χ0n) is 13.8. The molecule has 1 amide bonds. The molecule has 2 heterocycles. The highest BCUT2D eigenvalue weighted by molar-refractivity contribution is 8.02. The van der Waals surface area contributed by atoms with E-state index in [2.05, 4.69) is 20.5 Å². The largest absolute Gasteiger partial charge is 0.363 e. The predicted octanol–water partition coefficient (Wildman–Crippen LogP) is 3.88. The van der Waals surface area contributed by atoms with E-state index in [0.717, 1.165) is 27.4 Å². The Kier molecular flexibility index (Phi) is 6.07. The van der Waals surface area contributed by atoms with E-state index in [0.29, 0.717) is 0 Å². The Morgan fingerprint density at radius 3 is 2.79 bits per heavy atom. The second-order valence-corrected chi connectivity index (χ2v) is 9.14. The molecule has 0 spiro atoms. The van der Waals surface area contributed by atoms with Gasteiger partial charge in [0.05, 0.1) is 5.25 Å². The summed E-state index contributed by atoms with van der Waals surface area (Å²) in [6.07, 6.45) is 7.52. The molecule has 0 bridgehead atoms. The molecule has 1 N–H and O–H groups in total. The second kappa shape index (κ2) is 8.26. The number of amides is 1. The predicted molar refractivity (Wildman–Crippen MR) is 101 cm³/mol. The van der Waals surface area contributed by atoms with E-state index in [-0.39, 0.29) is 17.2 Å². The Morgan fingerprint density at radius 2 is 2.17 bits per heavy atom. The average Bonchev–Trinajstić information content (AvgIpc) is 3.28. The van der Waals surface area contributed by atoms with Crippen LogP contribution in [0.4, 0.5) is 10.3 Å². The van der Waals surface area contributed by atoms with E-state index < -0.39 is 0 Å². The van der Waals surface area contributed by atoms with Gasteiger partial charge in [-0.05, 0) is 19.8 Å². The number of thiazole rings is 1. The molecule has 1 atom stereocenters. The molecule has 2 aromatic rings. The lowest BCUT2D eigenvalue weighted by atomic mass is 9.94. The summed E-state index contributed by atoms with van der Waals surface area (Å²) in [6, 6.07) is 0.266. The van der Waals surface area contributed by atoms with Crippen LogP contribution in [-0.4, -0.2) is 39.4 Å². The highest BCUT2D eigenvalue weighted by Crippen LogP contribution is 2.34. The van der Waals surface area contributed by atoms with Gasteiger partial charge in [0.1, 0.15) is 0 Å². The maximum atomic E-state index is 13.1. The number of hydrogen-bond donors (Lipinski definition) is 1. The van der Waals surface area contributed by atoms with Gasteiger partial charge in [-0.25, -0.2) is 4.98 Å². The number of nitrogens with zero attached hydrogens (tertiary/aromatic N) is 4. The van der Waals surface area contributed by atoms with E-state index in [1.165, 1.54) is 53.7 Å². The molecule has 1 saturated carbocycles. The van der Waals surface area contributed by atoms with Crippen molar-refractivity contribution >= 4 is 50.6 Å². The first-order chi connectivity index (χ1) is 11.7. The van der Waals surface area contributed by atoms with Crippen molar-refractivity contribution in [3.05, 3.63) is 11.6 Å². The lowest BCUT2D eigenvalue weighted by molar-refractivity contribution is -0.118. The normalized spacial score (nSPS) is 16.8. The summed E-state index contributed by atoms with van der Waals surface area (Å²) in [7, 11) is 1.82.